The quantitative estimate of drug-likeness (QED) is 0.897. The molecule has 18 heavy (non-hydrogen) atoms. The molecule has 1 fully saturated rings. The molecule has 100 valence electrons. The maximum atomic E-state index is 6.06. The number of halogens is 1. The summed E-state index contributed by atoms with van der Waals surface area (Å²) in [7, 11) is 0. The van der Waals surface area contributed by atoms with Crippen LogP contribution >= 0.6 is 11.6 Å². The molecular formula is C15H23ClN2. The normalized spacial score (nSPS) is 20.8. The van der Waals surface area contributed by atoms with Crippen molar-refractivity contribution in [2.75, 3.05) is 11.4 Å². The largest absolute Gasteiger partial charge is 0.368 e. The number of rotatable bonds is 3. The third-order valence-corrected chi connectivity index (χ3v) is 4.15. The Hall–Kier alpha value is -0.730. The van der Waals surface area contributed by atoms with Crippen LogP contribution in [-0.2, 0) is 6.54 Å². The van der Waals surface area contributed by atoms with Gasteiger partial charge < -0.3 is 10.6 Å². The van der Waals surface area contributed by atoms with E-state index in [1.807, 2.05) is 12.1 Å². The summed E-state index contributed by atoms with van der Waals surface area (Å²) in [5, 5.41) is 0.780. The second-order valence-corrected chi connectivity index (χ2v) is 5.52. The van der Waals surface area contributed by atoms with Crippen molar-refractivity contribution in [3.05, 3.63) is 28.8 Å². The molecule has 2 N–H and O–H groups in total. The molecule has 0 aliphatic carbocycles. The lowest BCUT2D eigenvalue weighted by Crippen LogP contribution is -2.35. The Balaban J connectivity index is 2.32. The van der Waals surface area contributed by atoms with E-state index in [9.17, 15) is 0 Å². The number of nitrogens with zero attached hydrogens (tertiary/aromatic N) is 1. The van der Waals surface area contributed by atoms with E-state index in [1.165, 1.54) is 43.4 Å². The van der Waals surface area contributed by atoms with Gasteiger partial charge in [-0.2, -0.15) is 0 Å². The predicted molar refractivity (Wildman–Crippen MR) is 79.2 cm³/mol. The fourth-order valence-electron chi connectivity index (χ4n) is 2.92. The third kappa shape index (κ3) is 2.99. The van der Waals surface area contributed by atoms with Gasteiger partial charge in [-0.15, -0.1) is 0 Å². The SMILES string of the molecule is CCC1CCCCCN1c1ccc(Cl)cc1CN. The number of nitrogens with two attached hydrogens (primary N) is 1. The fraction of sp³-hybridized carbons (Fsp3) is 0.600. The first-order valence-electron chi connectivity index (χ1n) is 7.01. The van der Waals surface area contributed by atoms with Gasteiger partial charge in [0, 0.05) is 29.8 Å². The summed E-state index contributed by atoms with van der Waals surface area (Å²) in [6, 6.07) is 6.78. The molecule has 2 rings (SSSR count). The van der Waals surface area contributed by atoms with Crippen LogP contribution in [0.2, 0.25) is 5.02 Å². The van der Waals surface area contributed by atoms with Gasteiger partial charge in [0.25, 0.3) is 0 Å². The number of benzene rings is 1. The van der Waals surface area contributed by atoms with E-state index in [-0.39, 0.29) is 0 Å². The number of anilines is 1. The fourth-order valence-corrected chi connectivity index (χ4v) is 3.11. The van der Waals surface area contributed by atoms with Gasteiger partial charge in [0.15, 0.2) is 0 Å². The minimum atomic E-state index is 0.558. The molecule has 2 nitrogen and oxygen atoms in total. The van der Waals surface area contributed by atoms with Crippen molar-refractivity contribution < 1.29 is 0 Å². The highest BCUT2D eigenvalue weighted by Crippen LogP contribution is 2.30. The molecule has 0 radical (unpaired) electrons. The van der Waals surface area contributed by atoms with Gasteiger partial charge in [-0.25, -0.2) is 0 Å². The Labute approximate surface area is 115 Å². The van der Waals surface area contributed by atoms with Crippen LogP contribution in [0.1, 0.15) is 44.6 Å². The van der Waals surface area contributed by atoms with Crippen LogP contribution in [0.5, 0.6) is 0 Å². The molecule has 3 heteroatoms. The molecule has 1 aliphatic rings. The van der Waals surface area contributed by atoms with E-state index in [2.05, 4.69) is 17.9 Å². The summed E-state index contributed by atoms with van der Waals surface area (Å²) in [5.74, 6) is 0. The molecule has 1 atom stereocenters. The summed E-state index contributed by atoms with van der Waals surface area (Å²) in [6.45, 7) is 3.98. The Morgan fingerprint density at radius 2 is 2.17 bits per heavy atom. The van der Waals surface area contributed by atoms with Gasteiger partial charge in [0.2, 0.25) is 0 Å². The van der Waals surface area contributed by atoms with Crippen molar-refractivity contribution in [1.29, 1.82) is 0 Å². The molecule has 1 unspecified atom stereocenters. The molecule has 1 saturated heterocycles. The predicted octanol–water partition coefficient (Wildman–Crippen LogP) is 3.96. The minimum absolute atomic E-state index is 0.558. The van der Waals surface area contributed by atoms with E-state index in [0.717, 1.165) is 11.6 Å². The van der Waals surface area contributed by atoms with E-state index < -0.39 is 0 Å². The topological polar surface area (TPSA) is 29.3 Å². The highest BCUT2D eigenvalue weighted by molar-refractivity contribution is 6.30. The lowest BCUT2D eigenvalue weighted by molar-refractivity contribution is 0.555. The van der Waals surface area contributed by atoms with E-state index in [1.54, 1.807) is 0 Å². The molecule has 1 aromatic rings. The second-order valence-electron chi connectivity index (χ2n) is 5.08. The Morgan fingerprint density at radius 1 is 1.33 bits per heavy atom. The third-order valence-electron chi connectivity index (χ3n) is 3.92. The Bertz CT molecular complexity index is 392. The summed E-state index contributed by atoms with van der Waals surface area (Å²) in [6.07, 6.45) is 6.47. The van der Waals surface area contributed by atoms with Crippen molar-refractivity contribution >= 4 is 17.3 Å². The van der Waals surface area contributed by atoms with Crippen LogP contribution < -0.4 is 10.6 Å². The van der Waals surface area contributed by atoms with Gasteiger partial charge >= 0.3 is 0 Å². The summed E-state index contributed by atoms with van der Waals surface area (Å²) >= 11 is 6.06. The first-order chi connectivity index (χ1) is 8.76. The summed E-state index contributed by atoms with van der Waals surface area (Å²) in [4.78, 5) is 2.55. The average Bonchev–Trinajstić information content (AvgIpc) is 2.63. The van der Waals surface area contributed by atoms with Gasteiger partial charge in [0.1, 0.15) is 0 Å². The first kappa shape index (κ1) is 13.7. The van der Waals surface area contributed by atoms with Crippen LogP contribution in [-0.4, -0.2) is 12.6 Å². The van der Waals surface area contributed by atoms with Crippen LogP contribution in [0, 0.1) is 0 Å². The van der Waals surface area contributed by atoms with Crippen LogP contribution in [0.3, 0.4) is 0 Å². The lowest BCUT2D eigenvalue weighted by atomic mass is 10.1. The lowest BCUT2D eigenvalue weighted by Gasteiger charge is -2.33. The maximum Gasteiger partial charge on any atom is 0.0415 e. The van der Waals surface area contributed by atoms with Gasteiger partial charge in [0.05, 0.1) is 0 Å². The summed E-state index contributed by atoms with van der Waals surface area (Å²) in [5.41, 5.74) is 8.32. The molecular weight excluding hydrogens is 244 g/mol. The van der Waals surface area contributed by atoms with E-state index in [4.69, 9.17) is 17.3 Å². The van der Waals surface area contributed by atoms with Crippen molar-refractivity contribution in [2.24, 2.45) is 5.73 Å². The van der Waals surface area contributed by atoms with Crippen molar-refractivity contribution in [1.82, 2.24) is 0 Å². The molecule has 1 aromatic carbocycles. The maximum absolute atomic E-state index is 6.06. The minimum Gasteiger partial charge on any atom is -0.368 e. The van der Waals surface area contributed by atoms with Gasteiger partial charge in [-0.1, -0.05) is 31.4 Å². The molecule has 0 saturated carbocycles. The molecule has 1 heterocycles. The van der Waals surface area contributed by atoms with Crippen LogP contribution in [0.25, 0.3) is 0 Å². The molecule has 0 amide bonds. The van der Waals surface area contributed by atoms with Crippen LogP contribution in [0.4, 0.5) is 5.69 Å². The Morgan fingerprint density at radius 3 is 2.89 bits per heavy atom. The Kier molecular flexibility index (Phi) is 4.90. The molecule has 0 aromatic heterocycles. The van der Waals surface area contributed by atoms with E-state index >= 15 is 0 Å². The van der Waals surface area contributed by atoms with Crippen molar-refractivity contribution in [3.8, 4) is 0 Å². The monoisotopic (exact) mass is 266 g/mol. The average molecular weight is 267 g/mol. The second kappa shape index (κ2) is 6.44. The van der Waals surface area contributed by atoms with Gasteiger partial charge in [-0.3, -0.25) is 0 Å². The zero-order chi connectivity index (χ0) is 13.0. The zero-order valence-electron chi connectivity index (χ0n) is 11.2. The number of hydrogen-bond donors (Lipinski definition) is 1. The molecule has 0 spiro atoms. The summed E-state index contributed by atoms with van der Waals surface area (Å²) < 4.78 is 0. The highest BCUT2D eigenvalue weighted by Gasteiger charge is 2.21. The number of hydrogen-bond acceptors (Lipinski definition) is 2. The van der Waals surface area contributed by atoms with Crippen LogP contribution in [0.15, 0.2) is 18.2 Å². The zero-order valence-corrected chi connectivity index (χ0v) is 11.9. The van der Waals surface area contributed by atoms with Crippen molar-refractivity contribution in [3.63, 3.8) is 0 Å². The van der Waals surface area contributed by atoms with Crippen molar-refractivity contribution in [2.45, 2.75) is 51.6 Å². The molecule has 0 bridgehead atoms. The highest BCUT2D eigenvalue weighted by atomic mass is 35.5. The smallest absolute Gasteiger partial charge is 0.0415 e. The van der Waals surface area contributed by atoms with E-state index in [0.29, 0.717) is 12.6 Å². The van der Waals surface area contributed by atoms with Gasteiger partial charge in [-0.05, 0) is 43.0 Å². The first-order valence-corrected chi connectivity index (χ1v) is 7.39. The molecule has 1 aliphatic heterocycles. The standard InChI is InChI=1S/C15H23ClN2/c1-2-14-6-4-3-5-9-18(14)15-8-7-13(16)10-12(15)11-17/h7-8,10,14H,2-6,9,11,17H2,1H3.